The van der Waals surface area contributed by atoms with Crippen LogP contribution in [0.25, 0.3) is 11.1 Å². The number of carbonyl (C=O) groups is 1. The molecule has 1 aromatic heterocycles. The lowest BCUT2D eigenvalue weighted by Gasteiger charge is -2.25. The second kappa shape index (κ2) is 7.82. The summed E-state index contributed by atoms with van der Waals surface area (Å²) in [6.45, 7) is 3.30. The molecule has 3 N–H and O–H groups in total. The highest BCUT2D eigenvalue weighted by Crippen LogP contribution is 2.26. The van der Waals surface area contributed by atoms with Gasteiger partial charge >= 0.3 is 0 Å². The number of rotatable bonds is 5. The molecule has 144 valence electrons. The molecular weight excluding hydrogens is 359 g/mol. The number of aromatic nitrogens is 1. The highest BCUT2D eigenvalue weighted by Gasteiger charge is 2.19. The maximum atomic E-state index is 13.2. The molecule has 2 heterocycles. The Balaban J connectivity index is 1.52. The Morgan fingerprint density at radius 2 is 1.86 bits per heavy atom. The van der Waals surface area contributed by atoms with Crippen molar-refractivity contribution < 1.29 is 13.6 Å². The standard InChI is InChI=1S/C21H21FN4O2/c22-17-4-1-14(2-5-17)15-3-6-18(23)16(11-15)12-19(27)20-13-25-21(28-20)26-9-7-24-8-10-26/h1-6,11,13,24H,7-10,12,23H2. The number of benzene rings is 2. The number of anilines is 2. The lowest BCUT2D eigenvalue weighted by atomic mass is 9.99. The number of halogens is 1. The third-order valence-corrected chi connectivity index (χ3v) is 4.83. The molecule has 2 aromatic carbocycles. The van der Waals surface area contributed by atoms with Gasteiger partial charge in [0.25, 0.3) is 6.01 Å². The molecule has 7 heteroatoms. The van der Waals surface area contributed by atoms with Gasteiger partial charge in [-0.15, -0.1) is 0 Å². The predicted molar refractivity (Wildman–Crippen MR) is 106 cm³/mol. The fourth-order valence-electron chi connectivity index (χ4n) is 3.24. The molecule has 0 amide bonds. The van der Waals surface area contributed by atoms with Gasteiger partial charge in [-0.05, 0) is 41.0 Å². The Hall–Kier alpha value is -3.19. The van der Waals surface area contributed by atoms with Crippen molar-refractivity contribution in [3.63, 3.8) is 0 Å². The number of ketones is 1. The SMILES string of the molecule is Nc1ccc(-c2ccc(F)cc2)cc1CC(=O)c1cnc(N2CCNCC2)o1. The zero-order valence-electron chi connectivity index (χ0n) is 15.3. The minimum atomic E-state index is -0.291. The minimum absolute atomic E-state index is 0.108. The van der Waals surface area contributed by atoms with E-state index in [1.165, 1.54) is 18.3 Å². The highest BCUT2D eigenvalue weighted by molar-refractivity contribution is 5.96. The van der Waals surface area contributed by atoms with Crippen molar-refractivity contribution in [2.24, 2.45) is 0 Å². The van der Waals surface area contributed by atoms with Crippen LogP contribution >= 0.6 is 0 Å². The summed E-state index contributed by atoms with van der Waals surface area (Å²) >= 11 is 0. The van der Waals surface area contributed by atoms with Gasteiger partial charge in [0.1, 0.15) is 5.82 Å². The summed E-state index contributed by atoms with van der Waals surface area (Å²) in [6.07, 6.45) is 1.58. The van der Waals surface area contributed by atoms with Crippen LogP contribution in [0.3, 0.4) is 0 Å². The van der Waals surface area contributed by atoms with Crippen molar-refractivity contribution in [2.45, 2.75) is 6.42 Å². The Morgan fingerprint density at radius 1 is 1.14 bits per heavy atom. The molecule has 1 aliphatic heterocycles. The molecule has 3 aromatic rings. The van der Waals surface area contributed by atoms with E-state index in [0.29, 0.717) is 17.3 Å². The topological polar surface area (TPSA) is 84.4 Å². The fourth-order valence-corrected chi connectivity index (χ4v) is 3.24. The van der Waals surface area contributed by atoms with E-state index in [4.69, 9.17) is 10.2 Å². The molecule has 0 bridgehead atoms. The van der Waals surface area contributed by atoms with E-state index in [1.54, 1.807) is 18.2 Å². The van der Waals surface area contributed by atoms with Gasteiger partial charge < -0.3 is 20.4 Å². The Morgan fingerprint density at radius 3 is 2.61 bits per heavy atom. The van der Waals surface area contributed by atoms with Crippen LogP contribution in [0.15, 0.2) is 53.1 Å². The first kappa shape index (κ1) is 18.2. The number of piperazine rings is 1. The predicted octanol–water partition coefficient (Wildman–Crippen LogP) is 2.90. The fraction of sp³-hybridized carbons (Fsp3) is 0.238. The number of nitrogen functional groups attached to an aromatic ring is 1. The number of nitrogens with zero attached hydrogens (tertiary/aromatic N) is 2. The quantitative estimate of drug-likeness (QED) is 0.523. The van der Waals surface area contributed by atoms with Crippen molar-refractivity contribution in [1.29, 1.82) is 0 Å². The van der Waals surface area contributed by atoms with E-state index < -0.39 is 0 Å². The molecule has 0 spiro atoms. The Kier molecular flexibility index (Phi) is 5.08. The smallest absolute Gasteiger partial charge is 0.297 e. The molecule has 0 atom stereocenters. The van der Waals surface area contributed by atoms with Gasteiger partial charge in [-0.2, -0.15) is 0 Å². The molecule has 28 heavy (non-hydrogen) atoms. The minimum Gasteiger partial charge on any atom is -0.420 e. The van der Waals surface area contributed by atoms with Crippen LogP contribution in [-0.2, 0) is 6.42 Å². The van der Waals surface area contributed by atoms with Crippen LogP contribution < -0.4 is 16.0 Å². The second-order valence-electron chi connectivity index (χ2n) is 6.76. The summed E-state index contributed by atoms with van der Waals surface area (Å²) in [5, 5.41) is 3.26. The number of nitrogens with one attached hydrogen (secondary N) is 1. The zero-order chi connectivity index (χ0) is 19.5. The van der Waals surface area contributed by atoms with Crippen LogP contribution in [-0.4, -0.2) is 36.9 Å². The van der Waals surface area contributed by atoms with E-state index in [-0.39, 0.29) is 23.8 Å². The number of hydrogen-bond donors (Lipinski definition) is 2. The van der Waals surface area contributed by atoms with Gasteiger partial charge in [0.2, 0.25) is 5.78 Å². The van der Waals surface area contributed by atoms with Crippen LogP contribution in [0.2, 0.25) is 0 Å². The molecule has 6 nitrogen and oxygen atoms in total. The van der Waals surface area contributed by atoms with Crippen molar-refractivity contribution >= 4 is 17.5 Å². The average Bonchev–Trinajstić information content (AvgIpc) is 3.21. The normalized spacial score (nSPS) is 14.2. The van der Waals surface area contributed by atoms with Crippen LogP contribution in [0.4, 0.5) is 16.1 Å². The molecule has 0 saturated carbocycles. The van der Waals surface area contributed by atoms with Crippen molar-refractivity contribution in [2.75, 3.05) is 36.8 Å². The molecular formula is C21H21FN4O2. The van der Waals surface area contributed by atoms with Gasteiger partial charge in [-0.1, -0.05) is 18.2 Å². The molecule has 1 aliphatic rings. The molecule has 1 saturated heterocycles. The van der Waals surface area contributed by atoms with E-state index in [9.17, 15) is 9.18 Å². The Labute approximate surface area is 162 Å². The first-order valence-electron chi connectivity index (χ1n) is 9.19. The summed E-state index contributed by atoms with van der Waals surface area (Å²) in [5.41, 5.74) is 9.02. The van der Waals surface area contributed by atoms with Crippen molar-refractivity contribution in [1.82, 2.24) is 10.3 Å². The van der Waals surface area contributed by atoms with Gasteiger partial charge in [-0.3, -0.25) is 4.79 Å². The number of hydrogen-bond acceptors (Lipinski definition) is 6. The Bertz CT molecular complexity index is 978. The number of carbonyl (C=O) groups excluding carboxylic acids is 1. The van der Waals surface area contributed by atoms with Gasteiger partial charge in [-0.25, -0.2) is 9.37 Å². The van der Waals surface area contributed by atoms with Crippen molar-refractivity contribution in [3.05, 3.63) is 65.8 Å². The van der Waals surface area contributed by atoms with E-state index in [1.807, 2.05) is 17.0 Å². The highest BCUT2D eigenvalue weighted by atomic mass is 19.1. The lowest BCUT2D eigenvalue weighted by Crippen LogP contribution is -2.43. The first-order valence-corrected chi connectivity index (χ1v) is 9.19. The maximum Gasteiger partial charge on any atom is 0.297 e. The number of oxazole rings is 1. The summed E-state index contributed by atoms with van der Waals surface area (Å²) in [4.78, 5) is 18.9. The number of nitrogens with two attached hydrogens (primary N) is 1. The lowest BCUT2D eigenvalue weighted by molar-refractivity contribution is 0.0967. The summed E-state index contributed by atoms with van der Waals surface area (Å²) in [7, 11) is 0. The van der Waals surface area contributed by atoms with Gasteiger partial charge in [0.05, 0.1) is 6.20 Å². The average molecular weight is 380 g/mol. The van der Waals surface area contributed by atoms with Crippen LogP contribution in [0.5, 0.6) is 0 Å². The largest absolute Gasteiger partial charge is 0.420 e. The molecule has 0 unspecified atom stereocenters. The summed E-state index contributed by atoms with van der Waals surface area (Å²) in [5.74, 6) is -0.253. The first-order chi connectivity index (χ1) is 13.6. The van der Waals surface area contributed by atoms with E-state index >= 15 is 0 Å². The molecule has 1 fully saturated rings. The van der Waals surface area contributed by atoms with Crippen LogP contribution in [0, 0.1) is 5.82 Å². The number of Topliss-reactive ketones (excluding diaryl/α,β-unsaturated/α-hetero) is 1. The third kappa shape index (κ3) is 3.89. The van der Waals surface area contributed by atoms with Crippen molar-refractivity contribution in [3.8, 4) is 11.1 Å². The molecule has 4 rings (SSSR count). The van der Waals surface area contributed by atoms with E-state index in [0.717, 1.165) is 37.3 Å². The third-order valence-electron chi connectivity index (χ3n) is 4.83. The van der Waals surface area contributed by atoms with E-state index in [2.05, 4.69) is 10.3 Å². The van der Waals surface area contributed by atoms with Crippen LogP contribution in [0.1, 0.15) is 16.1 Å². The van der Waals surface area contributed by atoms with Gasteiger partial charge in [0, 0.05) is 38.3 Å². The second-order valence-corrected chi connectivity index (χ2v) is 6.76. The summed E-state index contributed by atoms with van der Waals surface area (Å²) in [6, 6.07) is 12.1. The monoisotopic (exact) mass is 380 g/mol. The molecule has 0 aliphatic carbocycles. The zero-order valence-corrected chi connectivity index (χ0v) is 15.3. The summed E-state index contributed by atoms with van der Waals surface area (Å²) < 4.78 is 18.8. The molecule has 0 radical (unpaired) electrons. The maximum absolute atomic E-state index is 13.2. The van der Waals surface area contributed by atoms with Gasteiger partial charge in [0.15, 0.2) is 5.76 Å².